The second-order valence-electron chi connectivity index (χ2n) is 5.33. The minimum Gasteiger partial charge on any atom is -0.316 e. The number of benzene rings is 1. The van der Waals surface area contributed by atoms with Crippen LogP contribution >= 0.6 is 30.1 Å². The van der Waals surface area contributed by atoms with Crippen LogP contribution in [0.25, 0.3) is 0 Å². The molecule has 2 aliphatic rings. The molecule has 1 unspecified atom stereocenters. The minimum absolute atomic E-state index is 0.575. The van der Waals surface area contributed by atoms with Crippen LogP contribution in [0.2, 0.25) is 0 Å². The second-order valence-corrected chi connectivity index (χ2v) is 7.01. The van der Waals surface area contributed by atoms with E-state index in [0.29, 0.717) is 11.3 Å². The predicted molar refractivity (Wildman–Crippen MR) is 86.8 cm³/mol. The zero-order chi connectivity index (χ0) is 12.4. The summed E-state index contributed by atoms with van der Waals surface area (Å²) in [4.78, 5) is 0. The Morgan fingerprint density at radius 3 is 2.67 bits per heavy atom. The van der Waals surface area contributed by atoms with Crippen molar-refractivity contribution in [2.45, 2.75) is 25.2 Å². The molecule has 1 saturated heterocycles. The molecule has 1 nitrogen and oxygen atoms in total. The largest absolute Gasteiger partial charge is 0.316 e. The number of hydrogen-bond donors (Lipinski definition) is 1. The predicted octanol–water partition coefficient (Wildman–Crippen LogP) is 3.94. The highest BCUT2D eigenvalue weighted by Gasteiger charge is 2.47. The van der Waals surface area contributed by atoms with E-state index in [1.165, 1.54) is 40.3 Å². The number of nitrogens with one attached hydrogen (secondary N) is 1. The molecule has 0 aromatic heterocycles. The van der Waals surface area contributed by atoms with E-state index in [0.717, 1.165) is 12.1 Å². The van der Waals surface area contributed by atoms with Crippen molar-refractivity contribution in [3.8, 4) is 11.2 Å². The third kappa shape index (κ3) is 2.31. The van der Waals surface area contributed by atoms with Gasteiger partial charge < -0.3 is 5.32 Å². The smallest absolute Gasteiger partial charge is 0.0254 e. The third-order valence-corrected chi connectivity index (χ3v) is 5.30. The van der Waals surface area contributed by atoms with Crippen LogP contribution < -0.4 is 5.32 Å². The summed E-state index contributed by atoms with van der Waals surface area (Å²) in [6.07, 6.45) is 4.21. The molecular weight excluding hydrogens is 353 g/mol. The Morgan fingerprint density at radius 2 is 2.06 bits per heavy atom. The summed E-state index contributed by atoms with van der Waals surface area (Å²) >= 11 is 2.20. The molecule has 1 aliphatic heterocycles. The van der Waals surface area contributed by atoms with Gasteiger partial charge in [0, 0.05) is 45.8 Å². The Hall–Kier alpha value is -0.180. The van der Waals surface area contributed by atoms with Crippen molar-refractivity contribution >= 4 is 30.1 Å². The lowest BCUT2D eigenvalue weighted by Crippen LogP contribution is -2.36. The van der Waals surface area contributed by atoms with Gasteiger partial charge in [0.1, 0.15) is 0 Å². The van der Waals surface area contributed by atoms with Gasteiger partial charge in [0.05, 0.1) is 0 Å². The van der Waals surface area contributed by atoms with Gasteiger partial charge >= 0.3 is 0 Å². The molecule has 0 amide bonds. The molecule has 1 spiro atoms. The fourth-order valence-electron chi connectivity index (χ4n) is 3.31. The summed E-state index contributed by atoms with van der Waals surface area (Å²) in [5.41, 5.74) is 3.19. The van der Waals surface area contributed by atoms with E-state index in [1.54, 1.807) is 0 Å². The van der Waals surface area contributed by atoms with E-state index in [9.17, 15) is 0 Å². The quantitative estimate of drug-likeness (QED) is 0.595. The van der Waals surface area contributed by atoms with E-state index >= 15 is 0 Å². The average molecular weight is 369 g/mol. The van der Waals surface area contributed by atoms with Gasteiger partial charge in [-0.05, 0) is 50.1 Å². The Bertz CT molecular complexity index is 481. The van der Waals surface area contributed by atoms with Crippen LogP contribution in [0.15, 0.2) is 24.3 Å². The third-order valence-electron chi connectivity index (χ3n) is 4.46. The zero-order valence-corrected chi connectivity index (χ0v) is 13.2. The van der Waals surface area contributed by atoms with Crippen LogP contribution in [0.1, 0.15) is 36.3 Å². The maximum absolute atomic E-state index is 3.58. The van der Waals surface area contributed by atoms with Gasteiger partial charge in [0.15, 0.2) is 0 Å². The van der Waals surface area contributed by atoms with Crippen LogP contribution in [0, 0.1) is 16.6 Å². The maximum Gasteiger partial charge on any atom is 0.0254 e. The standard InChI is InChI=1S/C15H16INS/c16-18-9-6-12-2-4-13(5-3-12)14-10-17-11-15(14)7-1-8-15/h2-5,14,17H,1,7-8,10-11H2. The second kappa shape index (κ2) is 5.44. The summed E-state index contributed by atoms with van der Waals surface area (Å²) in [6.45, 7) is 2.36. The van der Waals surface area contributed by atoms with Crippen LogP contribution in [-0.4, -0.2) is 13.1 Å². The molecule has 1 aromatic carbocycles. The van der Waals surface area contributed by atoms with Gasteiger partial charge in [0.2, 0.25) is 0 Å². The Labute approximate surface area is 125 Å². The molecule has 1 aliphatic carbocycles. The Morgan fingerprint density at radius 1 is 1.28 bits per heavy atom. The van der Waals surface area contributed by atoms with Crippen molar-refractivity contribution in [1.82, 2.24) is 5.32 Å². The number of rotatable bonds is 1. The Kier molecular flexibility index (Phi) is 3.88. The average Bonchev–Trinajstić information content (AvgIpc) is 2.81. The lowest BCUT2D eigenvalue weighted by molar-refractivity contribution is 0.137. The molecule has 18 heavy (non-hydrogen) atoms. The van der Waals surface area contributed by atoms with E-state index in [2.05, 4.69) is 62.0 Å². The van der Waals surface area contributed by atoms with Gasteiger partial charge in [-0.3, -0.25) is 0 Å². The van der Waals surface area contributed by atoms with Crippen molar-refractivity contribution in [2.24, 2.45) is 5.41 Å². The SMILES string of the molecule is ISC#Cc1ccc(C2CNCC23CCC3)cc1. The van der Waals surface area contributed by atoms with Gasteiger partial charge in [-0.1, -0.05) is 24.5 Å². The summed E-state index contributed by atoms with van der Waals surface area (Å²) < 4.78 is 0. The summed E-state index contributed by atoms with van der Waals surface area (Å²) in [5, 5.41) is 6.61. The van der Waals surface area contributed by atoms with Crippen molar-refractivity contribution < 1.29 is 0 Å². The minimum atomic E-state index is 0.575. The van der Waals surface area contributed by atoms with Crippen LogP contribution in [-0.2, 0) is 0 Å². The van der Waals surface area contributed by atoms with Crippen LogP contribution in [0.5, 0.6) is 0 Å². The molecule has 94 valence electrons. The molecule has 0 bridgehead atoms. The van der Waals surface area contributed by atoms with Gasteiger partial charge in [0.25, 0.3) is 0 Å². The van der Waals surface area contributed by atoms with Gasteiger partial charge in [-0.25, -0.2) is 0 Å². The molecular formula is C15H16INS. The fraction of sp³-hybridized carbons (Fsp3) is 0.467. The molecule has 0 radical (unpaired) electrons. The van der Waals surface area contributed by atoms with Crippen molar-refractivity contribution in [3.05, 3.63) is 35.4 Å². The van der Waals surface area contributed by atoms with Gasteiger partial charge in [-0.2, -0.15) is 0 Å². The maximum atomic E-state index is 3.58. The summed E-state index contributed by atoms with van der Waals surface area (Å²) in [6, 6.07) is 8.89. The van der Waals surface area contributed by atoms with E-state index < -0.39 is 0 Å². The first kappa shape index (κ1) is 12.8. The van der Waals surface area contributed by atoms with Crippen molar-refractivity contribution in [2.75, 3.05) is 13.1 Å². The first-order valence-electron chi connectivity index (χ1n) is 6.43. The molecule has 3 rings (SSSR count). The lowest BCUT2D eigenvalue weighted by Gasteiger charge is -2.43. The molecule has 1 saturated carbocycles. The van der Waals surface area contributed by atoms with E-state index in [1.807, 2.05) is 0 Å². The normalized spacial score (nSPS) is 24.4. The highest BCUT2D eigenvalue weighted by atomic mass is 127. The lowest BCUT2D eigenvalue weighted by atomic mass is 9.61. The fourth-order valence-corrected chi connectivity index (χ4v) is 3.80. The Balaban J connectivity index is 1.80. The van der Waals surface area contributed by atoms with E-state index in [-0.39, 0.29) is 0 Å². The number of hydrogen-bond acceptors (Lipinski definition) is 2. The molecule has 1 N–H and O–H groups in total. The van der Waals surface area contributed by atoms with Crippen molar-refractivity contribution in [1.29, 1.82) is 0 Å². The van der Waals surface area contributed by atoms with Gasteiger partial charge in [-0.15, -0.1) is 0 Å². The highest BCUT2D eigenvalue weighted by Crippen LogP contribution is 2.53. The first-order valence-corrected chi connectivity index (χ1v) is 9.79. The monoisotopic (exact) mass is 369 g/mol. The van der Waals surface area contributed by atoms with Crippen LogP contribution in [0.4, 0.5) is 0 Å². The first-order chi connectivity index (χ1) is 8.84. The molecule has 2 fully saturated rings. The number of halogens is 1. The zero-order valence-electron chi connectivity index (χ0n) is 10.2. The van der Waals surface area contributed by atoms with E-state index in [4.69, 9.17) is 0 Å². The van der Waals surface area contributed by atoms with Crippen LogP contribution in [0.3, 0.4) is 0 Å². The summed E-state index contributed by atoms with van der Waals surface area (Å²) in [7, 11) is 1.54. The topological polar surface area (TPSA) is 12.0 Å². The van der Waals surface area contributed by atoms with Crippen molar-refractivity contribution in [3.63, 3.8) is 0 Å². The molecule has 1 heterocycles. The highest BCUT2D eigenvalue weighted by molar-refractivity contribution is 14.2. The molecule has 1 aromatic rings. The molecule has 1 atom stereocenters. The summed E-state index contributed by atoms with van der Waals surface area (Å²) in [5.74, 6) is 3.87. The molecule has 3 heteroatoms.